The number of anilines is 1. The minimum absolute atomic E-state index is 0.211. The Balaban J connectivity index is 1.56. The van der Waals surface area contributed by atoms with Crippen LogP contribution < -0.4 is 11.1 Å². The summed E-state index contributed by atoms with van der Waals surface area (Å²) in [5, 5.41) is 3.69. The van der Waals surface area contributed by atoms with Gasteiger partial charge in [0.2, 0.25) is 0 Å². The number of hydrogen-bond acceptors (Lipinski definition) is 7. The third kappa shape index (κ3) is 5.30. The molecular formula is C26H27N5O3S. The number of pyridine rings is 3. The highest BCUT2D eigenvalue weighted by atomic mass is 32.2. The van der Waals surface area contributed by atoms with Crippen LogP contribution in [0, 0.1) is 20.8 Å². The Morgan fingerprint density at radius 3 is 2.51 bits per heavy atom. The molecule has 0 unspecified atom stereocenters. The fourth-order valence-electron chi connectivity index (χ4n) is 4.12. The first kappa shape index (κ1) is 24.3. The molecule has 1 amide bonds. The van der Waals surface area contributed by atoms with Gasteiger partial charge in [0.1, 0.15) is 5.82 Å². The zero-order valence-corrected chi connectivity index (χ0v) is 20.9. The third-order valence-corrected chi connectivity index (χ3v) is 7.08. The van der Waals surface area contributed by atoms with Crippen molar-refractivity contribution in [2.75, 3.05) is 12.0 Å². The molecule has 0 fully saturated rings. The molecule has 0 radical (unpaired) electrons. The predicted molar refractivity (Wildman–Crippen MR) is 136 cm³/mol. The Morgan fingerprint density at radius 2 is 1.80 bits per heavy atom. The van der Waals surface area contributed by atoms with Crippen LogP contribution in [0.2, 0.25) is 0 Å². The zero-order chi connectivity index (χ0) is 25.3. The summed E-state index contributed by atoms with van der Waals surface area (Å²) in [6.07, 6.45) is 3.25. The van der Waals surface area contributed by atoms with Gasteiger partial charge in [0.25, 0.3) is 5.91 Å². The molecule has 4 aromatic rings. The molecule has 3 N–H and O–H groups in total. The average molecular weight is 490 g/mol. The van der Waals surface area contributed by atoms with Gasteiger partial charge in [0.05, 0.1) is 10.4 Å². The molecule has 8 nitrogen and oxygen atoms in total. The molecule has 0 spiro atoms. The highest BCUT2D eigenvalue weighted by Gasteiger charge is 2.16. The van der Waals surface area contributed by atoms with Crippen LogP contribution >= 0.6 is 0 Å². The number of carbonyl (C=O) groups excluding carboxylic acids is 1. The number of nitrogens with one attached hydrogen (secondary N) is 1. The summed E-state index contributed by atoms with van der Waals surface area (Å²) in [5.41, 5.74) is 11.8. The lowest BCUT2D eigenvalue weighted by Crippen LogP contribution is -2.24. The minimum Gasteiger partial charge on any atom is -0.384 e. The summed E-state index contributed by atoms with van der Waals surface area (Å²) in [7, 11) is -3.40. The lowest BCUT2D eigenvalue weighted by Gasteiger charge is -2.12. The largest absolute Gasteiger partial charge is 0.384 e. The molecule has 0 aliphatic carbocycles. The number of hydrogen-bond donors (Lipinski definition) is 2. The van der Waals surface area contributed by atoms with E-state index in [1.807, 2.05) is 32.9 Å². The normalized spacial score (nSPS) is 11.5. The van der Waals surface area contributed by atoms with Gasteiger partial charge in [-0.1, -0.05) is 12.1 Å². The van der Waals surface area contributed by atoms with Gasteiger partial charge in [0, 0.05) is 53.4 Å². The van der Waals surface area contributed by atoms with E-state index in [-0.39, 0.29) is 10.8 Å². The van der Waals surface area contributed by atoms with Gasteiger partial charge in [-0.2, -0.15) is 0 Å². The number of carbonyl (C=O) groups is 1. The molecule has 4 rings (SSSR count). The summed E-state index contributed by atoms with van der Waals surface area (Å²) in [4.78, 5) is 26.3. The van der Waals surface area contributed by atoms with Gasteiger partial charge in [0.15, 0.2) is 9.84 Å². The van der Waals surface area contributed by atoms with Crippen LogP contribution in [0.3, 0.4) is 0 Å². The minimum atomic E-state index is -3.40. The SMILES string of the molecule is Cc1cc(N)nc(C)c1CNC(=O)c1ccnc(Cc2cc3cccc(S(C)(=O)=O)c3nc2C)c1. The molecule has 0 bridgehead atoms. The van der Waals surface area contributed by atoms with Crippen molar-refractivity contribution in [1.29, 1.82) is 0 Å². The first-order chi connectivity index (χ1) is 16.5. The Hall–Kier alpha value is -3.85. The zero-order valence-electron chi connectivity index (χ0n) is 20.1. The number of sulfone groups is 1. The van der Waals surface area contributed by atoms with E-state index in [1.54, 1.807) is 36.5 Å². The number of benzene rings is 1. The smallest absolute Gasteiger partial charge is 0.251 e. The first-order valence-electron chi connectivity index (χ1n) is 11.1. The number of fused-ring (bicyclic) bond motifs is 1. The third-order valence-electron chi connectivity index (χ3n) is 5.95. The van der Waals surface area contributed by atoms with Crippen LogP contribution in [-0.4, -0.2) is 35.5 Å². The molecule has 35 heavy (non-hydrogen) atoms. The second-order valence-corrected chi connectivity index (χ2v) is 10.6. The van der Waals surface area contributed by atoms with E-state index in [4.69, 9.17) is 5.73 Å². The van der Waals surface area contributed by atoms with E-state index < -0.39 is 9.84 Å². The molecular weight excluding hydrogens is 462 g/mol. The lowest BCUT2D eigenvalue weighted by atomic mass is 10.0. The van der Waals surface area contributed by atoms with Crippen molar-refractivity contribution in [3.8, 4) is 0 Å². The molecule has 0 aliphatic rings. The van der Waals surface area contributed by atoms with Gasteiger partial charge in [-0.15, -0.1) is 0 Å². The average Bonchev–Trinajstić information content (AvgIpc) is 2.78. The van der Waals surface area contributed by atoms with Crippen molar-refractivity contribution in [3.05, 3.63) is 88.0 Å². The second kappa shape index (κ2) is 9.42. The predicted octanol–water partition coefficient (Wildman–Crippen LogP) is 3.46. The van der Waals surface area contributed by atoms with Gasteiger partial charge >= 0.3 is 0 Å². The number of nitrogen functional groups attached to an aromatic ring is 1. The highest BCUT2D eigenvalue weighted by Crippen LogP contribution is 2.25. The molecule has 0 atom stereocenters. The van der Waals surface area contributed by atoms with Crippen LogP contribution in [0.25, 0.3) is 10.9 Å². The van der Waals surface area contributed by atoms with Crippen LogP contribution in [0.5, 0.6) is 0 Å². The summed E-state index contributed by atoms with van der Waals surface area (Å²) >= 11 is 0. The Morgan fingerprint density at radius 1 is 1.03 bits per heavy atom. The van der Waals surface area contributed by atoms with Crippen molar-refractivity contribution in [1.82, 2.24) is 20.3 Å². The number of nitrogens with two attached hydrogens (primary N) is 1. The Labute approximate surface area is 204 Å². The Bertz CT molecular complexity index is 1540. The van der Waals surface area contributed by atoms with Crippen molar-refractivity contribution in [2.45, 2.75) is 38.6 Å². The molecule has 1 aromatic carbocycles. The molecule has 0 saturated carbocycles. The fourth-order valence-corrected chi connectivity index (χ4v) is 4.96. The maximum atomic E-state index is 12.8. The molecule has 9 heteroatoms. The summed E-state index contributed by atoms with van der Waals surface area (Å²) in [5.74, 6) is 0.246. The van der Waals surface area contributed by atoms with Gasteiger partial charge in [-0.3, -0.25) is 14.8 Å². The number of para-hydroxylation sites is 1. The summed E-state index contributed by atoms with van der Waals surface area (Å²) in [6.45, 7) is 6.00. The van der Waals surface area contributed by atoms with Crippen molar-refractivity contribution in [2.24, 2.45) is 0 Å². The van der Waals surface area contributed by atoms with Crippen LogP contribution in [-0.2, 0) is 22.8 Å². The number of rotatable bonds is 6. The number of aromatic nitrogens is 3. The van der Waals surface area contributed by atoms with E-state index in [9.17, 15) is 13.2 Å². The molecule has 3 aromatic heterocycles. The fraction of sp³-hybridized carbons (Fsp3) is 0.231. The van der Waals surface area contributed by atoms with Crippen molar-refractivity contribution < 1.29 is 13.2 Å². The van der Waals surface area contributed by atoms with Gasteiger partial charge in [-0.05, 0) is 67.8 Å². The van der Waals surface area contributed by atoms with E-state index >= 15 is 0 Å². The summed E-state index contributed by atoms with van der Waals surface area (Å²) in [6, 6.07) is 12.3. The van der Waals surface area contributed by atoms with Crippen molar-refractivity contribution in [3.63, 3.8) is 0 Å². The topological polar surface area (TPSA) is 128 Å². The Kier molecular flexibility index (Phi) is 6.53. The molecule has 3 heterocycles. The highest BCUT2D eigenvalue weighted by molar-refractivity contribution is 7.91. The number of nitrogens with zero attached hydrogens (tertiary/aromatic N) is 3. The van der Waals surface area contributed by atoms with Gasteiger partial charge in [-0.25, -0.2) is 13.4 Å². The van der Waals surface area contributed by atoms with E-state index in [2.05, 4.69) is 20.3 Å². The molecule has 0 aliphatic heterocycles. The maximum absolute atomic E-state index is 12.8. The molecule has 0 saturated heterocycles. The number of aryl methyl sites for hydroxylation is 3. The second-order valence-electron chi connectivity index (χ2n) is 8.66. The van der Waals surface area contributed by atoms with Crippen LogP contribution in [0.1, 0.15) is 44.1 Å². The number of amides is 1. The van der Waals surface area contributed by atoms with E-state index in [0.29, 0.717) is 41.3 Å². The lowest BCUT2D eigenvalue weighted by molar-refractivity contribution is 0.0950. The standard InChI is InChI=1S/C26H27N5O3S/c1-15-10-24(27)30-17(3)22(15)14-29-26(32)19-8-9-28-21(12-19)13-20-11-18-6-5-7-23(35(4,33)34)25(18)31-16(20)2/h5-12H,13-14H2,1-4H3,(H2,27,30)(H,29,32). The van der Waals surface area contributed by atoms with Crippen LogP contribution in [0.15, 0.2) is 53.6 Å². The van der Waals surface area contributed by atoms with Gasteiger partial charge < -0.3 is 11.1 Å². The van der Waals surface area contributed by atoms with Crippen molar-refractivity contribution >= 4 is 32.5 Å². The van der Waals surface area contributed by atoms with E-state index in [1.165, 1.54) is 6.26 Å². The quantitative estimate of drug-likeness (QED) is 0.424. The monoisotopic (exact) mass is 489 g/mol. The molecule has 180 valence electrons. The summed E-state index contributed by atoms with van der Waals surface area (Å²) < 4.78 is 24.3. The maximum Gasteiger partial charge on any atom is 0.251 e. The first-order valence-corrected chi connectivity index (χ1v) is 13.0. The van der Waals surface area contributed by atoms with E-state index in [0.717, 1.165) is 27.8 Å². The van der Waals surface area contributed by atoms with Crippen LogP contribution in [0.4, 0.5) is 5.82 Å².